The van der Waals surface area contributed by atoms with E-state index in [0.717, 1.165) is 21.3 Å². The van der Waals surface area contributed by atoms with Crippen LogP contribution in [-0.4, -0.2) is 36.0 Å². The van der Waals surface area contributed by atoms with E-state index in [0.29, 0.717) is 17.7 Å². The molecule has 0 fully saturated rings. The van der Waals surface area contributed by atoms with Gasteiger partial charge in [-0.15, -0.1) is 0 Å². The van der Waals surface area contributed by atoms with E-state index < -0.39 is 33.8 Å². The normalized spacial score (nSPS) is 12.6. The van der Waals surface area contributed by atoms with E-state index in [1.165, 1.54) is 16.3 Å². The van der Waals surface area contributed by atoms with Gasteiger partial charge in [0.1, 0.15) is 0 Å². The van der Waals surface area contributed by atoms with Crippen molar-refractivity contribution in [3.63, 3.8) is 0 Å². The molecule has 3 heterocycles. The van der Waals surface area contributed by atoms with Crippen molar-refractivity contribution in [2.75, 3.05) is 5.75 Å². The van der Waals surface area contributed by atoms with Crippen molar-refractivity contribution in [3.8, 4) is 11.5 Å². The van der Waals surface area contributed by atoms with E-state index in [-0.39, 0.29) is 11.2 Å². The Bertz CT molecular complexity index is 1030. The maximum atomic E-state index is 13.7. The number of aromatic nitrogens is 5. The number of pyridine rings is 1. The van der Waals surface area contributed by atoms with Gasteiger partial charge in [-0.05, 0) is 0 Å². The summed E-state index contributed by atoms with van der Waals surface area (Å²) in [5.74, 6) is -3.93. The number of imidazole rings is 2. The molecule has 0 spiro atoms. The van der Waals surface area contributed by atoms with Crippen molar-refractivity contribution in [2.45, 2.75) is 24.0 Å². The fourth-order valence-electron chi connectivity index (χ4n) is 2.72. The summed E-state index contributed by atoms with van der Waals surface area (Å²) in [6.07, 6.45) is -5.19. The Labute approximate surface area is 172 Å². The molecule has 0 radical (unpaired) electrons. The molecule has 3 rings (SSSR count). The van der Waals surface area contributed by atoms with Gasteiger partial charge < -0.3 is 0 Å². The summed E-state index contributed by atoms with van der Waals surface area (Å²) >= 11 is -0.0307. The maximum absolute atomic E-state index is 13.7. The van der Waals surface area contributed by atoms with Crippen LogP contribution >= 0.6 is 21.5 Å². The fourth-order valence-corrected chi connectivity index (χ4v) is 6.21. The molecule has 3 aromatic heterocycles. The molecule has 0 atom stereocenters. The molecule has 148 valence electrons. The van der Waals surface area contributed by atoms with Gasteiger partial charge in [-0.25, -0.2) is 0 Å². The van der Waals surface area contributed by atoms with Gasteiger partial charge >= 0.3 is 172 Å². The molecule has 0 aliphatic carbocycles. The molecular formula is C15H13ClF5N5SZn. The van der Waals surface area contributed by atoms with Crippen LogP contribution in [0.1, 0.15) is 12.5 Å². The number of hydrogen-bond acceptors (Lipinski definition) is 4. The van der Waals surface area contributed by atoms with Gasteiger partial charge in [-0.2, -0.15) is 0 Å². The number of rotatable bonds is 5. The van der Waals surface area contributed by atoms with Crippen LogP contribution in [-0.2, 0) is 36.2 Å². The third-order valence-electron chi connectivity index (χ3n) is 4.18. The zero-order valence-electron chi connectivity index (χ0n) is 15.0. The third kappa shape index (κ3) is 3.43. The van der Waals surface area contributed by atoms with E-state index in [1.54, 1.807) is 7.05 Å². The fraction of sp³-hybridized carbons (Fsp3) is 0.400. The quantitative estimate of drug-likeness (QED) is 0.308. The Morgan fingerprint density at radius 3 is 2.39 bits per heavy atom. The van der Waals surface area contributed by atoms with Gasteiger partial charge in [0.05, 0.1) is 0 Å². The molecule has 3 aromatic rings. The van der Waals surface area contributed by atoms with Crippen molar-refractivity contribution in [2.24, 2.45) is 14.1 Å². The average molecular weight is 491 g/mol. The van der Waals surface area contributed by atoms with E-state index >= 15 is 0 Å². The summed E-state index contributed by atoms with van der Waals surface area (Å²) in [6.45, 7) is 1.96. The number of thioether (sulfide) groups is 1. The second kappa shape index (κ2) is 7.53. The molecule has 0 aliphatic rings. The number of fused-ring (bicyclic) bond motifs is 1. The average Bonchev–Trinajstić information content (AvgIpc) is 3.11. The Kier molecular flexibility index (Phi) is 5.77. The second-order valence-corrected chi connectivity index (χ2v) is 10.5. The predicted octanol–water partition coefficient (Wildman–Crippen LogP) is 4.00. The monoisotopic (exact) mass is 489 g/mol. The van der Waals surface area contributed by atoms with Crippen molar-refractivity contribution in [1.29, 1.82) is 0 Å². The minimum absolute atomic E-state index is 0.0639. The first kappa shape index (κ1) is 21.5. The number of alkyl halides is 5. The molecule has 0 saturated heterocycles. The van der Waals surface area contributed by atoms with Crippen molar-refractivity contribution >= 4 is 37.0 Å². The predicted molar refractivity (Wildman–Crippen MR) is 92.5 cm³/mol. The summed E-state index contributed by atoms with van der Waals surface area (Å²) in [6, 6.07) is 0.717. The van der Waals surface area contributed by atoms with Crippen LogP contribution in [0.2, 0.25) is 0 Å². The second-order valence-electron chi connectivity index (χ2n) is 5.94. The van der Waals surface area contributed by atoms with Gasteiger partial charge in [-0.1, -0.05) is 0 Å². The summed E-state index contributed by atoms with van der Waals surface area (Å²) in [7, 11) is 9.54. The first-order valence-corrected chi connectivity index (χ1v) is 14.4. The Morgan fingerprint density at radius 2 is 1.82 bits per heavy atom. The van der Waals surface area contributed by atoms with Gasteiger partial charge in [0.15, 0.2) is 0 Å². The SMILES string of the molecule is CCSc1c(-c2nc3cc(C(F)(F)C(F)(F)F)cnc3n2C)n[c]([Zn][Cl])n1C. The summed E-state index contributed by atoms with van der Waals surface area (Å²) in [4.78, 5) is 12.6. The minimum atomic E-state index is -5.71. The molecule has 0 aliphatic heterocycles. The van der Waals surface area contributed by atoms with Crippen molar-refractivity contribution in [3.05, 3.63) is 17.8 Å². The number of aryl methyl sites for hydroxylation is 1. The summed E-state index contributed by atoms with van der Waals surface area (Å²) in [5.41, 5.74) is -0.618. The standard InChI is InChI=1S/C15H13F5N5S.ClH.Zn/c1-4-26-13-10(22-7-24(13)2)12-23-9-5-8(6-21-11(9)25(12)3)14(16,17)15(18,19)20;;/h5-6H,4H2,1-3H3;1H;/q;;+1/p-1. The molecule has 0 N–H and O–H groups in total. The van der Waals surface area contributed by atoms with E-state index in [1.807, 2.05) is 18.5 Å². The molecule has 0 saturated carbocycles. The number of hydrogen-bond donors (Lipinski definition) is 0. The van der Waals surface area contributed by atoms with Crippen molar-refractivity contribution in [1.82, 2.24) is 24.1 Å². The van der Waals surface area contributed by atoms with Crippen LogP contribution in [0.25, 0.3) is 22.7 Å². The van der Waals surface area contributed by atoms with Gasteiger partial charge in [0.2, 0.25) is 0 Å². The van der Waals surface area contributed by atoms with Gasteiger partial charge in [0, 0.05) is 0 Å². The van der Waals surface area contributed by atoms with Crippen LogP contribution in [0.15, 0.2) is 17.3 Å². The Morgan fingerprint density at radius 1 is 1.14 bits per heavy atom. The summed E-state index contributed by atoms with van der Waals surface area (Å²) in [5, 5.41) is 0.808. The van der Waals surface area contributed by atoms with Crippen LogP contribution in [0.4, 0.5) is 22.0 Å². The van der Waals surface area contributed by atoms with Crippen LogP contribution in [0, 0.1) is 0 Å². The first-order valence-electron chi connectivity index (χ1n) is 8.05. The van der Waals surface area contributed by atoms with E-state index in [4.69, 9.17) is 9.69 Å². The van der Waals surface area contributed by atoms with E-state index in [9.17, 15) is 22.0 Å². The third-order valence-corrected chi connectivity index (χ3v) is 8.28. The Hall–Kier alpha value is -1.26. The molecule has 0 unspecified atom stereocenters. The zero-order chi connectivity index (χ0) is 20.9. The van der Waals surface area contributed by atoms with Crippen LogP contribution < -0.4 is 4.42 Å². The molecule has 28 heavy (non-hydrogen) atoms. The molecule has 5 nitrogen and oxygen atoms in total. The zero-order valence-corrected chi connectivity index (χ0v) is 19.5. The van der Waals surface area contributed by atoms with Crippen molar-refractivity contribution < 1.29 is 38.1 Å². The molecule has 0 aromatic carbocycles. The van der Waals surface area contributed by atoms with Crippen LogP contribution in [0.5, 0.6) is 0 Å². The molecule has 0 bridgehead atoms. The topological polar surface area (TPSA) is 48.5 Å². The van der Waals surface area contributed by atoms with Gasteiger partial charge in [-0.3, -0.25) is 0 Å². The van der Waals surface area contributed by atoms with Crippen LogP contribution in [0.3, 0.4) is 0 Å². The van der Waals surface area contributed by atoms with Gasteiger partial charge in [0.25, 0.3) is 0 Å². The molecule has 0 amide bonds. The number of nitrogens with zero attached hydrogens (tertiary/aromatic N) is 5. The molecular weight excluding hydrogens is 478 g/mol. The molecule has 13 heteroatoms. The number of halogens is 6. The first-order chi connectivity index (χ1) is 13.0. The Balaban J connectivity index is 2.19. The summed E-state index contributed by atoms with van der Waals surface area (Å²) < 4.78 is 69.5. The van der Waals surface area contributed by atoms with E-state index in [2.05, 4.69) is 15.0 Å².